The van der Waals surface area contributed by atoms with Crippen molar-refractivity contribution in [2.24, 2.45) is 21.7 Å². The molecule has 6 heteroatoms. The highest BCUT2D eigenvalue weighted by atomic mass is 16.5. The molecule has 3 aliphatic rings. The van der Waals surface area contributed by atoms with Crippen LogP contribution in [-0.4, -0.2) is 35.5 Å². The first-order chi connectivity index (χ1) is 14.4. The molecular formula is C25H29NO5. The van der Waals surface area contributed by atoms with E-state index in [1.165, 1.54) is 7.11 Å². The normalized spacial score (nSPS) is 26.7. The Kier molecular flexibility index (Phi) is 4.95. The maximum Gasteiger partial charge on any atom is 0.339 e. The number of carbonyl (C=O) groups excluding carboxylic acids is 2. The summed E-state index contributed by atoms with van der Waals surface area (Å²) in [5, 5.41) is 9.68. The Morgan fingerprint density at radius 1 is 1.03 bits per heavy atom. The first-order valence-corrected chi connectivity index (χ1v) is 10.7. The summed E-state index contributed by atoms with van der Waals surface area (Å²) in [6.07, 6.45) is 2.16. The predicted molar refractivity (Wildman–Crippen MR) is 117 cm³/mol. The van der Waals surface area contributed by atoms with Gasteiger partial charge in [-0.05, 0) is 41.4 Å². The second-order valence-electron chi connectivity index (χ2n) is 10.6. The zero-order valence-electron chi connectivity index (χ0n) is 18.7. The lowest BCUT2D eigenvalue weighted by Gasteiger charge is -2.44. The van der Waals surface area contributed by atoms with Gasteiger partial charge in [-0.15, -0.1) is 0 Å². The van der Waals surface area contributed by atoms with Crippen molar-refractivity contribution >= 4 is 23.2 Å². The Morgan fingerprint density at radius 3 is 2.35 bits per heavy atom. The van der Waals surface area contributed by atoms with E-state index in [1.54, 1.807) is 18.2 Å². The maximum atomic E-state index is 13.3. The fourth-order valence-corrected chi connectivity index (χ4v) is 5.46. The smallest absolute Gasteiger partial charge is 0.339 e. The summed E-state index contributed by atoms with van der Waals surface area (Å²) >= 11 is 0. The Balaban J connectivity index is 1.93. The van der Waals surface area contributed by atoms with Crippen molar-refractivity contribution in [3.8, 4) is 5.75 Å². The fraction of sp³-hybridized carbons (Fsp3) is 0.520. The van der Waals surface area contributed by atoms with Crippen LogP contribution in [-0.2, 0) is 9.59 Å². The van der Waals surface area contributed by atoms with Crippen LogP contribution in [0.5, 0.6) is 5.75 Å². The number of carboxylic acid groups (broad SMARTS) is 1. The molecule has 1 aromatic carbocycles. The third-order valence-electron chi connectivity index (χ3n) is 6.65. The van der Waals surface area contributed by atoms with Crippen LogP contribution in [0.25, 0.3) is 0 Å². The van der Waals surface area contributed by atoms with Crippen molar-refractivity contribution in [2.75, 3.05) is 7.11 Å². The lowest BCUT2D eigenvalue weighted by molar-refractivity contribution is -0.124. The van der Waals surface area contributed by atoms with Gasteiger partial charge < -0.3 is 9.84 Å². The second kappa shape index (κ2) is 7.14. The molecule has 1 aliphatic heterocycles. The molecule has 0 aromatic heterocycles. The van der Waals surface area contributed by atoms with Crippen molar-refractivity contribution in [1.29, 1.82) is 0 Å². The van der Waals surface area contributed by atoms with Gasteiger partial charge in [0.2, 0.25) is 0 Å². The Labute approximate surface area is 182 Å². The molecule has 1 N–H and O–H groups in total. The summed E-state index contributed by atoms with van der Waals surface area (Å²) in [6.45, 7) is 8.24. The van der Waals surface area contributed by atoms with Gasteiger partial charge in [0.25, 0.3) is 0 Å². The van der Waals surface area contributed by atoms with Crippen molar-refractivity contribution < 1.29 is 24.2 Å². The van der Waals surface area contributed by atoms with E-state index in [-0.39, 0.29) is 33.7 Å². The van der Waals surface area contributed by atoms with Crippen LogP contribution in [0.3, 0.4) is 0 Å². The first kappa shape index (κ1) is 21.5. The minimum absolute atomic E-state index is 0.00405. The monoisotopic (exact) mass is 423 g/mol. The second-order valence-corrected chi connectivity index (χ2v) is 10.6. The third kappa shape index (κ3) is 3.73. The van der Waals surface area contributed by atoms with Crippen LogP contribution in [0.15, 0.2) is 34.5 Å². The van der Waals surface area contributed by atoms with Crippen molar-refractivity contribution in [2.45, 2.75) is 59.3 Å². The van der Waals surface area contributed by atoms with Gasteiger partial charge in [-0.3, -0.25) is 14.6 Å². The topological polar surface area (TPSA) is 93.0 Å². The molecule has 0 radical (unpaired) electrons. The summed E-state index contributed by atoms with van der Waals surface area (Å²) in [5.74, 6) is -1.81. The van der Waals surface area contributed by atoms with Crippen LogP contribution < -0.4 is 4.74 Å². The van der Waals surface area contributed by atoms with E-state index in [9.17, 15) is 19.5 Å². The average Bonchev–Trinajstić information content (AvgIpc) is 2.63. The number of rotatable bonds is 3. The lowest BCUT2D eigenvalue weighted by Crippen LogP contribution is -2.45. The third-order valence-corrected chi connectivity index (χ3v) is 6.65. The Bertz CT molecular complexity index is 1060. The fourth-order valence-electron chi connectivity index (χ4n) is 5.46. The molecule has 6 nitrogen and oxygen atoms in total. The zero-order valence-corrected chi connectivity index (χ0v) is 18.7. The van der Waals surface area contributed by atoms with E-state index in [0.717, 1.165) is 11.4 Å². The maximum absolute atomic E-state index is 13.3. The Morgan fingerprint density at radius 2 is 1.71 bits per heavy atom. The van der Waals surface area contributed by atoms with Gasteiger partial charge in [0, 0.05) is 35.7 Å². The van der Waals surface area contributed by atoms with Gasteiger partial charge >= 0.3 is 5.97 Å². The van der Waals surface area contributed by atoms with E-state index < -0.39 is 17.8 Å². The van der Waals surface area contributed by atoms with E-state index in [4.69, 9.17) is 9.73 Å². The quantitative estimate of drug-likeness (QED) is 0.768. The number of fused-ring (bicyclic) bond motifs is 1. The number of ketones is 2. The predicted octanol–water partition coefficient (Wildman–Crippen LogP) is 4.58. The Hall–Kier alpha value is -2.76. The van der Waals surface area contributed by atoms with E-state index >= 15 is 0 Å². The number of benzene rings is 1. The molecule has 2 aliphatic carbocycles. The number of Topliss-reactive ketones (excluding diaryl/α,β-unsaturated/α-hetero) is 2. The molecule has 0 bridgehead atoms. The van der Waals surface area contributed by atoms with Gasteiger partial charge in [-0.1, -0.05) is 33.8 Å². The summed E-state index contributed by atoms with van der Waals surface area (Å²) in [4.78, 5) is 43.4. The number of aromatic carboxylic acids is 1. The SMILES string of the molecule is COc1ccc([C@@H]2C3=C(CC(C)(C)CC3=O)N=C3CC(C)(C)CC(=O)C32)cc1C(=O)O. The van der Waals surface area contributed by atoms with Gasteiger partial charge in [0.05, 0.1) is 13.0 Å². The van der Waals surface area contributed by atoms with Crippen LogP contribution in [0.4, 0.5) is 0 Å². The molecule has 164 valence electrons. The molecule has 0 amide bonds. The molecule has 2 atom stereocenters. The number of carbonyl (C=O) groups is 3. The lowest BCUT2D eigenvalue weighted by atomic mass is 9.60. The highest BCUT2D eigenvalue weighted by Crippen LogP contribution is 2.51. The van der Waals surface area contributed by atoms with Crippen LogP contribution >= 0.6 is 0 Å². The highest BCUT2D eigenvalue weighted by Gasteiger charge is 2.49. The standard InChI is InChI=1S/C25H29NO5/c1-24(2)9-15-21(17(27)11-24)20(13-6-7-19(31-5)14(8-13)23(29)30)22-16(26-15)10-25(3,4)12-18(22)28/h6-8,20-21H,9-12H2,1-5H3,(H,29,30)/t20-,21?/m0/s1. The minimum atomic E-state index is -1.11. The van der Waals surface area contributed by atoms with E-state index in [2.05, 4.69) is 27.7 Å². The van der Waals surface area contributed by atoms with Gasteiger partial charge in [-0.25, -0.2) is 4.79 Å². The molecule has 0 saturated heterocycles. The van der Waals surface area contributed by atoms with Crippen LogP contribution in [0.2, 0.25) is 0 Å². The number of hydrogen-bond acceptors (Lipinski definition) is 5. The van der Waals surface area contributed by atoms with Crippen LogP contribution in [0, 0.1) is 16.7 Å². The van der Waals surface area contributed by atoms with Gasteiger partial charge in [0.1, 0.15) is 17.1 Å². The molecule has 4 rings (SSSR count). The number of hydrogen-bond donors (Lipinski definition) is 1. The molecule has 1 aromatic rings. The van der Waals surface area contributed by atoms with Gasteiger partial charge in [-0.2, -0.15) is 0 Å². The molecule has 0 spiro atoms. The highest BCUT2D eigenvalue weighted by molar-refractivity contribution is 6.13. The van der Waals surface area contributed by atoms with Crippen molar-refractivity contribution in [3.05, 3.63) is 40.6 Å². The molecule has 1 unspecified atom stereocenters. The van der Waals surface area contributed by atoms with Gasteiger partial charge in [0.15, 0.2) is 5.78 Å². The van der Waals surface area contributed by atoms with E-state index in [1.807, 2.05) is 0 Å². The number of aliphatic imine (C=N–C) groups is 1. The molecule has 1 heterocycles. The molecule has 31 heavy (non-hydrogen) atoms. The number of carboxylic acids is 1. The number of ether oxygens (including phenoxy) is 1. The largest absolute Gasteiger partial charge is 0.496 e. The molecule has 1 fully saturated rings. The zero-order chi connectivity index (χ0) is 22.7. The number of methoxy groups -OCH3 is 1. The first-order valence-electron chi connectivity index (χ1n) is 10.7. The van der Waals surface area contributed by atoms with Crippen molar-refractivity contribution in [1.82, 2.24) is 0 Å². The number of allylic oxidation sites excluding steroid dienone is 2. The van der Waals surface area contributed by atoms with Crippen LogP contribution in [0.1, 0.15) is 75.2 Å². The molecular weight excluding hydrogens is 394 g/mol. The summed E-state index contributed by atoms with van der Waals surface area (Å²) in [6, 6.07) is 4.95. The molecule has 1 saturated carbocycles. The average molecular weight is 424 g/mol. The summed E-state index contributed by atoms with van der Waals surface area (Å²) in [5.41, 5.74) is 2.47. The summed E-state index contributed by atoms with van der Waals surface area (Å²) < 4.78 is 5.21. The minimum Gasteiger partial charge on any atom is -0.496 e. The number of nitrogens with zero attached hydrogens (tertiary/aromatic N) is 1. The van der Waals surface area contributed by atoms with Crippen molar-refractivity contribution in [3.63, 3.8) is 0 Å². The summed E-state index contributed by atoms with van der Waals surface area (Å²) in [7, 11) is 1.42. The van der Waals surface area contributed by atoms with E-state index in [0.29, 0.717) is 36.8 Å².